The van der Waals surface area contributed by atoms with Crippen LogP contribution in [0, 0.1) is 5.92 Å². The maximum absolute atomic E-state index is 12.9. The van der Waals surface area contributed by atoms with Crippen LogP contribution in [-0.4, -0.2) is 29.6 Å². The molecule has 0 unspecified atom stereocenters. The van der Waals surface area contributed by atoms with E-state index >= 15 is 0 Å². The van der Waals surface area contributed by atoms with Gasteiger partial charge in [-0.3, -0.25) is 0 Å². The van der Waals surface area contributed by atoms with Gasteiger partial charge in [0.1, 0.15) is 6.61 Å². The monoisotopic (exact) mass is 427 g/mol. The van der Waals surface area contributed by atoms with E-state index in [2.05, 4.69) is 9.72 Å². The molecule has 0 fully saturated rings. The maximum atomic E-state index is 12.9. The summed E-state index contributed by atoms with van der Waals surface area (Å²) < 4.78 is 53.2. The largest absolute Gasteiger partial charge is 0.573 e. The number of primary amides is 1. The number of nitrogens with two attached hydrogens (primary N) is 2. The predicted molar refractivity (Wildman–Crippen MR) is 104 cm³/mol. The van der Waals surface area contributed by atoms with Gasteiger partial charge < -0.3 is 25.7 Å². The van der Waals surface area contributed by atoms with Gasteiger partial charge in [-0.05, 0) is 48.6 Å². The fourth-order valence-corrected chi connectivity index (χ4v) is 2.99. The average molecular weight is 427 g/mol. The van der Waals surface area contributed by atoms with E-state index in [1.807, 2.05) is 13.8 Å². The third-order valence-electron chi connectivity index (χ3n) is 3.87. The Hall–Kier alpha value is -3.01. The molecule has 0 aliphatic rings. The van der Waals surface area contributed by atoms with Gasteiger partial charge in [0.05, 0.1) is 0 Å². The molecule has 2 rings (SSSR count). The molecule has 7 nitrogen and oxygen atoms in total. The van der Waals surface area contributed by atoms with Crippen molar-refractivity contribution in [2.45, 2.75) is 39.1 Å². The van der Waals surface area contributed by atoms with Crippen LogP contribution in [0.25, 0.3) is 11.1 Å². The third-order valence-corrected chi connectivity index (χ3v) is 3.87. The number of halogens is 3. The lowest BCUT2D eigenvalue weighted by Gasteiger charge is -2.27. The zero-order valence-electron chi connectivity index (χ0n) is 16.8. The number of aromatic nitrogens is 1. The van der Waals surface area contributed by atoms with Gasteiger partial charge >= 0.3 is 12.5 Å². The number of ether oxygens (including phenoxy) is 3. The highest BCUT2D eigenvalue weighted by molar-refractivity contribution is 5.70. The summed E-state index contributed by atoms with van der Waals surface area (Å²) in [7, 11) is 0. The summed E-state index contributed by atoms with van der Waals surface area (Å²) >= 11 is 0. The Labute approximate surface area is 172 Å². The van der Waals surface area contributed by atoms with E-state index in [0.29, 0.717) is 23.5 Å². The van der Waals surface area contributed by atoms with Crippen LogP contribution in [0.15, 0.2) is 36.5 Å². The van der Waals surface area contributed by atoms with Gasteiger partial charge in [0.2, 0.25) is 5.88 Å². The van der Waals surface area contributed by atoms with Crippen LogP contribution in [-0.2, 0) is 0 Å². The molecule has 1 atom stereocenters. The van der Waals surface area contributed by atoms with Gasteiger partial charge in [0.25, 0.3) is 0 Å². The second-order valence-electron chi connectivity index (χ2n) is 7.55. The zero-order valence-corrected chi connectivity index (χ0v) is 16.8. The van der Waals surface area contributed by atoms with Crippen molar-refractivity contribution in [1.29, 1.82) is 0 Å². The molecule has 0 spiro atoms. The highest BCUT2D eigenvalue weighted by Crippen LogP contribution is 2.37. The first-order chi connectivity index (χ1) is 13.8. The Bertz CT molecular complexity index is 886. The Morgan fingerprint density at radius 3 is 2.40 bits per heavy atom. The summed E-state index contributed by atoms with van der Waals surface area (Å²) in [6.45, 7) is 5.75. The van der Waals surface area contributed by atoms with Crippen molar-refractivity contribution in [3.8, 4) is 28.5 Å². The number of benzene rings is 1. The first-order valence-corrected chi connectivity index (χ1v) is 9.10. The van der Waals surface area contributed by atoms with E-state index in [9.17, 15) is 18.0 Å². The van der Waals surface area contributed by atoms with Gasteiger partial charge in [-0.25, -0.2) is 9.78 Å². The Morgan fingerprint density at radius 2 is 1.80 bits per heavy atom. The number of carbonyl (C=O) groups is 1. The van der Waals surface area contributed by atoms with Gasteiger partial charge in [-0.1, -0.05) is 19.9 Å². The van der Waals surface area contributed by atoms with Crippen LogP contribution in [0.5, 0.6) is 17.4 Å². The molecular formula is C20H24F3N3O4. The predicted octanol–water partition coefficient (Wildman–Crippen LogP) is 4.25. The second kappa shape index (κ2) is 9.21. The second-order valence-corrected chi connectivity index (χ2v) is 7.55. The molecule has 30 heavy (non-hydrogen) atoms. The lowest BCUT2D eigenvalue weighted by molar-refractivity contribution is -0.275. The number of carbonyl (C=O) groups excluding carboxylic acids is 1. The molecule has 1 heterocycles. The number of nitrogens with zero attached hydrogens (tertiary/aromatic N) is 1. The van der Waals surface area contributed by atoms with Crippen LogP contribution in [0.3, 0.4) is 0 Å². The summed E-state index contributed by atoms with van der Waals surface area (Å²) in [5.41, 5.74) is 11.2. The van der Waals surface area contributed by atoms with Crippen LogP contribution in [0.2, 0.25) is 0 Å². The van der Waals surface area contributed by atoms with Gasteiger partial charge in [-0.15, -0.1) is 13.2 Å². The van der Waals surface area contributed by atoms with Gasteiger partial charge in [0, 0.05) is 17.8 Å². The highest BCUT2D eigenvalue weighted by atomic mass is 19.4. The first kappa shape index (κ1) is 23.3. The molecule has 1 aromatic heterocycles. The standard InChI is InChI=1S/C20H24F3N3O4/c1-12(2)10-19(3,25)11-28-15-5-4-13(8-16(15)30-20(21,22)23)14-6-7-26-17(9-14)29-18(24)27/h4-9,12H,10-11,25H2,1-3H3,(H2,24,27)/t19-/m0/s1. The van der Waals surface area contributed by atoms with E-state index in [-0.39, 0.29) is 18.2 Å². The fourth-order valence-electron chi connectivity index (χ4n) is 2.99. The van der Waals surface area contributed by atoms with Crippen LogP contribution in [0.1, 0.15) is 27.2 Å². The molecule has 0 bridgehead atoms. The smallest absolute Gasteiger partial charge is 0.488 e. The summed E-state index contributed by atoms with van der Waals surface area (Å²) in [6, 6.07) is 6.95. The Balaban J connectivity index is 2.33. The van der Waals surface area contributed by atoms with E-state index in [4.69, 9.17) is 20.9 Å². The van der Waals surface area contributed by atoms with Crippen molar-refractivity contribution in [3.63, 3.8) is 0 Å². The quantitative estimate of drug-likeness (QED) is 0.652. The number of hydrogen-bond donors (Lipinski definition) is 2. The fraction of sp³-hybridized carbons (Fsp3) is 0.400. The minimum absolute atomic E-state index is 0.00456. The van der Waals surface area contributed by atoms with Crippen molar-refractivity contribution < 1.29 is 32.2 Å². The van der Waals surface area contributed by atoms with Crippen molar-refractivity contribution >= 4 is 6.09 Å². The molecular weight excluding hydrogens is 403 g/mol. The minimum Gasteiger partial charge on any atom is -0.488 e. The average Bonchev–Trinajstić information content (AvgIpc) is 2.58. The van der Waals surface area contributed by atoms with Crippen molar-refractivity contribution in [1.82, 2.24) is 4.98 Å². The molecule has 0 aliphatic heterocycles. The van der Waals surface area contributed by atoms with Crippen LogP contribution < -0.4 is 25.7 Å². The minimum atomic E-state index is -4.92. The van der Waals surface area contributed by atoms with E-state index in [0.717, 1.165) is 0 Å². The van der Waals surface area contributed by atoms with Crippen LogP contribution >= 0.6 is 0 Å². The number of pyridine rings is 1. The molecule has 0 radical (unpaired) electrons. The molecule has 0 saturated carbocycles. The third kappa shape index (κ3) is 7.43. The Kier molecular flexibility index (Phi) is 7.14. The SMILES string of the molecule is CC(C)C[C@](C)(N)COc1ccc(-c2ccnc(OC(N)=O)c2)cc1OC(F)(F)F. The molecule has 4 N–H and O–H groups in total. The summed E-state index contributed by atoms with van der Waals surface area (Å²) in [6.07, 6.45) is -4.02. The molecule has 1 aromatic carbocycles. The lowest BCUT2D eigenvalue weighted by atomic mass is 9.93. The topological polar surface area (TPSA) is 110 Å². The van der Waals surface area contributed by atoms with Crippen molar-refractivity contribution in [2.24, 2.45) is 17.4 Å². The Morgan fingerprint density at radius 1 is 1.13 bits per heavy atom. The van der Waals surface area contributed by atoms with E-state index in [1.54, 1.807) is 6.92 Å². The zero-order chi connectivity index (χ0) is 22.5. The number of amides is 1. The van der Waals surface area contributed by atoms with Gasteiger partial charge in [0.15, 0.2) is 11.5 Å². The van der Waals surface area contributed by atoms with E-state index in [1.165, 1.54) is 36.5 Å². The van der Waals surface area contributed by atoms with E-state index < -0.39 is 23.7 Å². The molecule has 1 amide bonds. The first-order valence-electron chi connectivity index (χ1n) is 9.10. The highest BCUT2D eigenvalue weighted by Gasteiger charge is 2.33. The van der Waals surface area contributed by atoms with Gasteiger partial charge in [-0.2, -0.15) is 0 Å². The number of alkyl halides is 3. The summed E-state index contributed by atoms with van der Waals surface area (Å²) in [5.74, 6) is -0.416. The molecule has 164 valence electrons. The molecule has 0 aliphatic carbocycles. The molecule has 0 saturated heterocycles. The molecule has 2 aromatic rings. The number of rotatable bonds is 8. The number of hydrogen-bond acceptors (Lipinski definition) is 6. The maximum Gasteiger partial charge on any atom is 0.573 e. The lowest BCUT2D eigenvalue weighted by Crippen LogP contribution is -2.43. The normalized spacial score (nSPS) is 13.6. The van der Waals surface area contributed by atoms with Crippen LogP contribution in [0.4, 0.5) is 18.0 Å². The van der Waals surface area contributed by atoms with Crippen molar-refractivity contribution in [2.75, 3.05) is 6.61 Å². The summed E-state index contributed by atoms with van der Waals surface area (Å²) in [4.78, 5) is 14.7. The van der Waals surface area contributed by atoms with Crippen molar-refractivity contribution in [3.05, 3.63) is 36.5 Å². The summed E-state index contributed by atoms with van der Waals surface area (Å²) in [5, 5.41) is 0. The molecule has 10 heteroatoms.